The Morgan fingerprint density at radius 2 is 2.00 bits per heavy atom. The summed E-state index contributed by atoms with van der Waals surface area (Å²) in [5, 5.41) is 12.6. The second kappa shape index (κ2) is 4.20. The summed E-state index contributed by atoms with van der Waals surface area (Å²) in [6, 6.07) is 5.95. The first-order chi connectivity index (χ1) is 6.24. The number of nitrogens with zero attached hydrogens (tertiary/aromatic N) is 1. The number of rotatable bonds is 4. The van der Waals surface area contributed by atoms with Crippen LogP contribution in [0.2, 0.25) is 0 Å². The number of benzene rings is 1. The van der Waals surface area contributed by atoms with Crippen LogP contribution in [0.25, 0.3) is 0 Å². The second-order valence-electron chi connectivity index (χ2n) is 2.38. The smallest absolute Gasteiger partial charge is 0.309 e. The van der Waals surface area contributed by atoms with Gasteiger partial charge in [-0.05, 0) is 5.56 Å². The van der Waals surface area contributed by atoms with Gasteiger partial charge < -0.3 is 5.32 Å². The molecule has 1 rings (SSSR count). The van der Waals surface area contributed by atoms with Crippen LogP contribution in [-0.2, 0) is 11.3 Å². The van der Waals surface area contributed by atoms with E-state index in [4.69, 9.17) is 0 Å². The Kier molecular flexibility index (Phi) is 2.97. The fourth-order valence-electron chi connectivity index (χ4n) is 0.874. The molecule has 67 valence electrons. The van der Waals surface area contributed by atoms with E-state index in [1.807, 2.05) is 0 Å². The van der Waals surface area contributed by atoms with Gasteiger partial charge in [-0.25, -0.2) is 0 Å². The molecule has 0 atom stereocenters. The standard InChI is InChI=1S/C8H7N2O3/c11-6-9-5-7-1-3-8(4-2-7)10(12)13/h1-4H,5H2,(H,9,11). The predicted molar refractivity (Wildman–Crippen MR) is 45.6 cm³/mol. The molecule has 0 saturated heterocycles. The van der Waals surface area contributed by atoms with Gasteiger partial charge in [0.15, 0.2) is 0 Å². The lowest BCUT2D eigenvalue weighted by molar-refractivity contribution is -0.384. The van der Waals surface area contributed by atoms with Crippen LogP contribution in [0, 0.1) is 10.1 Å². The average Bonchev–Trinajstić information content (AvgIpc) is 2.15. The quantitative estimate of drug-likeness (QED) is 0.421. The Balaban J connectivity index is 2.69. The van der Waals surface area contributed by atoms with Crippen molar-refractivity contribution < 1.29 is 9.72 Å². The van der Waals surface area contributed by atoms with Crippen LogP contribution in [0.15, 0.2) is 24.3 Å². The molecular formula is C8H7N2O3. The molecule has 0 fully saturated rings. The molecule has 0 aliphatic carbocycles. The monoisotopic (exact) mass is 179 g/mol. The fourth-order valence-corrected chi connectivity index (χ4v) is 0.874. The van der Waals surface area contributed by atoms with Crippen LogP contribution in [0.4, 0.5) is 5.69 Å². The van der Waals surface area contributed by atoms with Crippen LogP contribution in [0.3, 0.4) is 0 Å². The number of nitro groups is 1. The highest BCUT2D eigenvalue weighted by atomic mass is 16.6. The first-order valence-electron chi connectivity index (χ1n) is 3.57. The van der Waals surface area contributed by atoms with E-state index in [-0.39, 0.29) is 5.69 Å². The molecule has 1 aromatic rings. The van der Waals surface area contributed by atoms with Crippen LogP contribution >= 0.6 is 0 Å². The largest absolute Gasteiger partial charge is 0.344 e. The molecule has 0 heterocycles. The Labute approximate surface area is 74.5 Å². The van der Waals surface area contributed by atoms with E-state index in [2.05, 4.69) is 5.32 Å². The lowest BCUT2D eigenvalue weighted by atomic mass is 10.2. The maximum absolute atomic E-state index is 10.3. The van der Waals surface area contributed by atoms with Crippen molar-refractivity contribution in [1.29, 1.82) is 0 Å². The molecule has 5 heteroatoms. The van der Waals surface area contributed by atoms with Gasteiger partial charge in [0.25, 0.3) is 5.69 Å². The van der Waals surface area contributed by atoms with Gasteiger partial charge in [-0.1, -0.05) is 12.1 Å². The summed E-state index contributed by atoms with van der Waals surface area (Å²) in [5.74, 6) is 0. The Bertz CT molecular complexity index is 308. The number of amides is 1. The van der Waals surface area contributed by atoms with Crippen molar-refractivity contribution in [3.63, 3.8) is 0 Å². The van der Waals surface area contributed by atoms with Crippen LogP contribution in [0.1, 0.15) is 5.56 Å². The predicted octanol–water partition coefficient (Wildman–Crippen LogP) is 0.752. The van der Waals surface area contributed by atoms with E-state index in [1.165, 1.54) is 18.5 Å². The first-order valence-corrected chi connectivity index (χ1v) is 3.57. The van der Waals surface area contributed by atoms with Gasteiger partial charge in [-0.2, -0.15) is 0 Å². The first kappa shape index (κ1) is 9.18. The zero-order valence-electron chi connectivity index (χ0n) is 6.69. The molecule has 1 radical (unpaired) electrons. The minimum atomic E-state index is -0.469. The molecule has 0 aliphatic rings. The van der Waals surface area contributed by atoms with Crippen molar-refractivity contribution in [2.24, 2.45) is 0 Å². The highest BCUT2D eigenvalue weighted by Crippen LogP contribution is 2.11. The average molecular weight is 179 g/mol. The van der Waals surface area contributed by atoms with E-state index < -0.39 is 4.92 Å². The molecule has 1 aromatic carbocycles. The molecule has 0 aromatic heterocycles. The van der Waals surface area contributed by atoms with Gasteiger partial charge in [0, 0.05) is 18.7 Å². The zero-order valence-corrected chi connectivity index (χ0v) is 6.69. The highest BCUT2D eigenvalue weighted by molar-refractivity contribution is 5.47. The molecule has 0 saturated carbocycles. The van der Waals surface area contributed by atoms with Crippen LogP contribution in [-0.4, -0.2) is 11.3 Å². The number of non-ortho nitro benzene ring substituents is 1. The number of hydrogen-bond donors (Lipinski definition) is 1. The summed E-state index contributed by atoms with van der Waals surface area (Å²) in [6.45, 7) is 0.335. The molecule has 0 unspecified atom stereocenters. The number of hydrogen-bond acceptors (Lipinski definition) is 3. The third kappa shape index (κ3) is 2.55. The zero-order chi connectivity index (χ0) is 9.68. The Hall–Kier alpha value is -1.91. The molecule has 1 amide bonds. The van der Waals surface area contributed by atoms with Crippen molar-refractivity contribution in [3.8, 4) is 0 Å². The molecule has 0 bridgehead atoms. The summed E-state index contributed by atoms with van der Waals surface area (Å²) in [7, 11) is 0. The van der Waals surface area contributed by atoms with E-state index in [9.17, 15) is 14.9 Å². The summed E-state index contributed by atoms with van der Waals surface area (Å²) in [4.78, 5) is 19.6. The molecule has 5 nitrogen and oxygen atoms in total. The van der Waals surface area contributed by atoms with Gasteiger partial charge in [-0.15, -0.1) is 0 Å². The second-order valence-corrected chi connectivity index (χ2v) is 2.38. The summed E-state index contributed by atoms with van der Waals surface area (Å²) in [6.07, 6.45) is 1.52. The minimum absolute atomic E-state index is 0.0406. The van der Waals surface area contributed by atoms with Crippen molar-refractivity contribution in [2.45, 2.75) is 6.54 Å². The van der Waals surface area contributed by atoms with Gasteiger partial charge >= 0.3 is 6.41 Å². The molecule has 1 N–H and O–H groups in total. The highest BCUT2D eigenvalue weighted by Gasteiger charge is 2.02. The molecule has 13 heavy (non-hydrogen) atoms. The van der Waals surface area contributed by atoms with Crippen molar-refractivity contribution >= 4 is 12.1 Å². The normalized spacial score (nSPS) is 9.23. The molecule has 0 aliphatic heterocycles. The van der Waals surface area contributed by atoms with E-state index >= 15 is 0 Å². The fraction of sp³-hybridized carbons (Fsp3) is 0.125. The Morgan fingerprint density at radius 1 is 1.38 bits per heavy atom. The lowest BCUT2D eigenvalue weighted by Crippen LogP contribution is -2.09. The topological polar surface area (TPSA) is 72.2 Å². The van der Waals surface area contributed by atoms with E-state index in [0.717, 1.165) is 5.56 Å². The van der Waals surface area contributed by atoms with E-state index in [1.54, 1.807) is 12.1 Å². The summed E-state index contributed by atoms with van der Waals surface area (Å²) >= 11 is 0. The summed E-state index contributed by atoms with van der Waals surface area (Å²) < 4.78 is 0. The van der Waals surface area contributed by atoms with Gasteiger partial charge in [0.2, 0.25) is 0 Å². The van der Waals surface area contributed by atoms with Crippen molar-refractivity contribution in [2.75, 3.05) is 0 Å². The van der Waals surface area contributed by atoms with Gasteiger partial charge in [0.05, 0.1) is 4.92 Å². The number of nitrogens with one attached hydrogen (secondary N) is 1. The van der Waals surface area contributed by atoms with Crippen LogP contribution in [0.5, 0.6) is 0 Å². The van der Waals surface area contributed by atoms with Crippen LogP contribution < -0.4 is 5.32 Å². The van der Waals surface area contributed by atoms with Crippen molar-refractivity contribution in [1.82, 2.24) is 5.32 Å². The van der Waals surface area contributed by atoms with E-state index in [0.29, 0.717) is 6.54 Å². The third-order valence-corrected chi connectivity index (χ3v) is 1.51. The molecular weight excluding hydrogens is 172 g/mol. The molecule has 0 spiro atoms. The van der Waals surface area contributed by atoms with Gasteiger partial charge in [0.1, 0.15) is 0 Å². The number of carbonyl (C=O) groups excluding carboxylic acids is 1. The maximum Gasteiger partial charge on any atom is 0.309 e. The lowest BCUT2D eigenvalue weighted by Gasteiger charge is -1.97. The number of nitro benzene ring substituents is 1. The third-order valence-electron chi connectivity index (χ3n) is 1.51. The minimum Gasteiger partial charge on any atom is -0.344 e. The van der Waals surface area contributed by atoms with Gasteiger partial charge in [-0.3, -0.25) is 14.9 Å². The van der Waals surface area contributed by atoms with Crippen molar-refractivity contribution in [3.05, 3.63) is 39.9 Å². The SMILES string of the molecule is O=[C]NCc1ccc([N+](=O)[O-])cc1. The summed E-state index contributed by atoms with van der Waals surface area (Å²) in [5.41, 5.74) is 0.841. The maximum atomic E-state index is 10.3. The Morgan fingerprint density at radius 3 is 2.46 bits per heavy atom.